The van der Waals surface area contributed by atoms with E-state index in [1.165, 1.54) is 5.56 Å². The van der Waals surface area contributed by atoms with Gasteiger partial charge in [0.05, 0.1) is 12.2 Å². The summed E-state index contributed by atoms with van der Waals surface area (Å²) >= 11 is 0. The summed E-state index contributed by atoms with van der Waals surface area (Å²) in [6.45, 7) is 8.92. The zero-order valence-electron chi connectivity index (χ0n) is 16.7. The predicted molar refractivity (Wildman–Crippen MR) is 109 cm³/mol. The van der Waals surface area contributed by atoms with Crippen molar-refractivity contribution in [1.29, 1.82) is 0 Å². The topological polar surface area (TPSA) is 57.5 Å². The number of benzene rings is 1. The third kappa shape index (κ3) is 5.88. The van der Waals surface area contributed by atoms with E-state index in [4.69, 9.17) is 4.99 Å². The minimum atomic E-state index is 0.0324. The lowest BCUT2D eigenvalue weighted by Gasteiger charge is -2.31. The SMILES string of the molecule is CCNC(=NCC(C)(C)N(C)C)NCCc1ccc(-n2cccn2)cc1. The van der Waals surface area contributed by atoms with Gasteiger partial charge in [-0.2, -0.15) is 5.10 Å². The van der Waals surface area contributed by atoms with Gasteiger partial charge < -0.3 is 15.5 Å². The molecule has 26 heavy (non-hydrogen) atoms. The van der Waals surface area contributed by atoms with E-state index < -0.39 is 0 Å². The molecule has 0 unspecified atom stereocenters. The van der Waals surface area contributed by atoms with Gasteiger partial charge in [0.1, 0.15) is 0 Å². The van der Waals surface area contributed by atoms with Crippen LogP contribution >= 0.6 is 0 Å². The Kier molecular flexibility index (Phi) is 7.21. The molecule has 0 aliphatic rings. The molecule has 142 valence electrons. The highest BCUT2D eigenvalue weighted by molar-refractivity contribution is 5.79. The van der Waals surface area contributed by atoms with E-state index in [0.29, 0.717) is 0 Å². The number of rotatable bonds is 8. The van der Waals surface area contributed by atoms with Crippen LogP contribution in [0.1, 0.15) is 26.3 Å². The molecule has 0 bridgehead atoms. The molecule has 1 aromatic heterocycles. The summed E-state index contributed by atoms with van der Waals surface area (Å²) in [6.07, 6.45) is 4.68. The van der Waals surface area contributed by atoms with Gasteiger partial charge in [0.25, 0.3) is 0 Å². The van der Waals surface area contributed by atoms with Crippen molar-refractivity contribution in [2.24, 2.45) is 4.99 Å². The molecule has 0 fully saturated rings. The van der Waals surface area contributed by atoms with Crippen LogP contribution in [0.2, 0.25) is 0 Å². The summed E-state index contributed by atoms with van der Waals surface area (Å²) in [5.74, 6) is 0.871. The number of hydrogen-bond donors (Lipinski definition) is 2. The van der Waals surface area contributed by atoms with Crippen molar-refractivity contribution in [1.82, 2.24) is 25.3 Å². The fraction of sp³-hybridized carbons (Fsp3) is 0.500. The van der Waals surface area contributed by atoms with Crippen LogP contribution in [0.15, 0.2) is 47.7 Å². The van der Waals surface area contributed by atoms with Gasteiger partial charge >= 0.3 is 0 Å². The Morgan fingerprint density at radius 2 is 1.92 bits per heavy atom. The number of nitrogens with zero attached hydrogens (tertiary/aromatic N) is 4. The molecule has 0 spiro atoms. The van der Waals surface area contributed by atoms with Crippen molar-refractivity contribution < 1.29 is 0 Å². The smallest absolute Gasteiger partial charge is 0.191 e. The molecule has 0 aliphatic heterocycles. The van der Waals surface area contributed by atoms with Crippen LogP contribution in [0.3, 0.4) is 0 Å². The minimum absolute atomic E-state index is 0.0324. The molecule has 0 atom stereocenters. The van der Waals surface area contributed by atoms with Crippen LogP contribution in [0.25, 0.3) is 5.69 Å². The van der Waals surface area contributed by atoms with E-state index in [0.717, 1.165) is 37.7 Å². The Labute approximate surface area is 157 Å². The summed E-state index contributed by atoms with van der Waals surface area (Å²) in [5, 5.41) is 11.0. The first-order valence-corrected chi connectivity index (χ1v) is 9.21. The number of guanidine groups is 1. The molecular formula is C20H32N6. The van der Waals surface area contributed by atoms with Gasteiger partial charge in [-0.1, -0.05) is 12.1 Å². The average molecular weight is 357 g/mol. The zero-order valence-corrected chi connectivity index (χ0v) is 16.7. The van der Waals surface area contributed by atoms with E-state index in [1.54, 1.807) is 6.20 Å². The fourth-order valence-corrected chi connectivity index (χ4v) is 2.32. The van der Waals surface area contributed by atoms with E-state index in [-0.39, 0.29) is 5.54 Å². The lowest BCUT2D eigenvalue weighted by Crippen LogP contribution is -2.44. The number of likely N-dealkylation sites (N-methyl/N-ethyl adjacent to an activating group) is 1. The predicted octanol–water partition coefficient (Wildman–Crippen LogP) is 2.31. The molecule has 0 radical (unpaired) electrons. The third-order valence-corrected chi connectivity index (χ3v) is 4.59. The van der Waals surface area contributed by atoms with Gasteiger partial charge in [-0.15, -0.1) is 0 Å². The van der Waals surface area contributed by atoms with Gasteiger partial charge in [0, 0.05) is 31.0 Å². The van der Waals surface area contributed by atoms with Crippen molar-refractivity contribution in [3.05, 3.63) is 48.3 Å². The first-order chi connectivity index (χ1) is 12.4. The second kappa shape index (κ2) is 9.38. The van der Waals surface area contributed by atoms with Gasteiger partial charge in [0.15, 0.2) is 5.96 Å². The van der Waals surface area contributed by atoms with Gasteiger partial charge in [-0.25, -0.2) is 4.68 Å². The highest BCUT2D eigenvalue weighted by Crippen LogP contribution is 2.10. The summed E-state index contributed by atoms with van der Waals surface area (Å²) in [6, 6.07) is 10.4. The normalized spacial score (nSPS) is 12.5. The Hall–Kier alpha value is -2.34. The summed E-state index contributed by atoms with van der Waals surface area (Å²) in [4.78, 5) is 6.92. The molecule has 0 saturated carbocycles. The zero-order chi connectivity index (χ0) is 19.0. The molecular weight excluding hydrogens is 324 g/mol. The van der Waals surface area contributed by atoms with Gasteiger partial charge in [-0.05, 0) is 65.0 Å². The van der Waals surface area contributed by atoms with Crippen LogP contribution in [0.5, 0.6) is 0 Å². The van der Waals surface area contributed by atoms with Gasteiger partial charge in [-0.3, -0.25) is 4.99 Å². The molecule has 0 saturated heterocycles. The molecule has 1 aromatic carbocycles. The van der Waals surface area contributed by atoms with Gasteiger partial charge in [0.2, 0.25) is 0 Å². The Bertz CT molecular complexity index is 671. The lowest BCUT2D eigenvalue weighted by molar-refractivity contribution is 0.204. The monoisotopic (exact) mass is 356 g/mol. The minimum Gasteiger partial charge on any atom is -0.357 e. The number of hydrogen-bond acceptors (Lipinski definition) is 3. The van der Waals surface area contributed by atoms with Crippen LogP contribution in [0, 0.1) is 0 Å². The first-order valence-electron chi connectivity index (χ1n) is 9.21. The van der Waals surface area contributed by atoms with E-state index >= 15 is 0 Å². The molecule has 2 N–H and O–H groups in total. The van der Waals surface area contributed by atoms with E-state index in [1.807, 2.05) is 16.9 Å². The summed E-state index contributed by atoms with van der Waals surface area (Å²) < 4.78 is 1.87. The van der Waals surface area contributed by atoms with Crippen molar-refractivity contribution in [2.75, 3.05) is 33.7 Å². The number of aromatic nitrogens is 2. The second-order valence-electron chi connectivity index (χ2n) is 7.20. The van der Waals surface area contributed by atoms with Crippen molar-refractivity contribution in [3.8, 4) is 5.69 Å². The maximum Gasteiger partial charge on any atom is 0.191 e. The van der Waals surface area contributed by atoms with E-state index in [2.05, 4.69) is 79.8 Å². The number of nitrogens with one attached hydrogen (secondary N) is 2. The third-order valence-electron chi connectivity index (χ3n) is 4.59. The maximum atomic E-state index is 4.73. The summed E-state index contributed by atoms with van der Waals surface area (Å²) in [5.41, 5.74) is 2.40. The molecule has 0 aliphatic carbocycles. The maximum absolute atomic E-state index is 4.73. The van der Waals surface area contributed by atoms with E-state index in [9.17, 15) is 0 Å². The molecule has 1 heterocycles. The van der Waals surface area contributed by atoms with Crippen molar-refractivity contribution in [2.45, 2.75) is 32.7 Å². The van der Waals surface area contributed by atoms with Crippen LogP contribution in [-0.4, -0.2) is 59.9 Å². The Balaban J connectivity index is 1.87. The van der Waals surface area contributed by atoms with Crippen LogP contribution in [0.4, 0.5) is 0 Å². The first kappa shape index (κ1) is 20.0. The number of aliphatic imine (C=N–C) groups is 1. The molecule has 6 heteroatoms. The quantitative estimate of drug-likeness (QED) is 0.563. The largest absolute Gasteiger partial charge is 0.357 e. The highest BCUT2D eigenvalue weighted by Gasteiger charge is 2.19. The standard InChI is InChI=1S/C20H32N6/c1-6-21-19(23-16-20(2,3)25(4)5)22-14-12-17-8-10-18(11-9-17)26-15-7-13-24-26/h7-11,13,15H,6,12,14,16H2,1-5H3,(H2,21,22,23). The lowest BCUT2D eigenvalue weighted by atomic mass is 10.1. The summed E-state index contributed by atoms with van der Waals surface area (Å²) in [7, 11) is 4.17. The fourth-order valence-electron chi connectivity index (χ4n) is 2.32. The second-order valence-corrected chi connectivity index (χ2v) is 7.20. The molecule has 0 amide bonds. The highest BCUT2D eigenvalue weighted by atomic mass is 15.3. The Morgan fingerprint density at radius 1 is 1.19 bits per heavy atom. The molecule has 6 nitrogen and oxygen atoms in total. The Morgan fingerprint density at radius 3 is 2.50 bits per heavy atom. The van der Waals surface area contributed by atoms with Crippen LogP contribution < -0.4 is 10.6 Å². The van der Waals surface area contributed by atoms with Crippen molar-refractivity contribution >= 4 is 5.96 Å². The average Bonchev–Trinajstić information content (AvgIpc) is 3.15. The van der Waals surface area contributed by atoms with Crippen molar-refractivity contribution in [3.63, 3.8) is 0 Å². The molecule has 2 rings (SSSR count). The molecule has 2 aromatic rings. The van der Waals surface area contributed by atoms with Crippen LogP contribution in [-0.2, 0) is 6.42 Å².